The summed E-state index contributed by atoms with van der Waals surface area (Å²) in [6, 6.07) is 0.938. The van der Waals surface area contributed by atoms with Gasteiger partial charge in [-0.1, -0.05) is 0 Å². The molecule has 2 heterocycles. The van der Waals surface area contributed by atoms with Gasteiger partial charge in [-0.05, 0) is 26.8 Å². The van der Waals surface area contributed by atoms with Crippen LogP contribution in [0.15, 0.2) is 18.5 Å². The van der Waals surface area contributed by atoms with Crippen molar-refractivity contribution in [3.63, 3.8) is 0 Å². The molecule has 0 unspecified atom stereocenters. The Kier molecular flexibility index (Phi) is 5.25. The number of ether oxygens (including phenoxy) is 2. The lowest BCUT2D eigenvalue weighted by Crippen LogP contribution is -2.44. The highest BCUT2D eigenvalue weighted by atomic mass is 19.4. The number of nitrogens with zero attached hydrogens (tertiary/aromatic N) is 2. The molecule has 0 aliphatic carbocycles. The molecule has 1 amide bonds. The molecule has 0 N–H and O–H groups in total. The number of rotatable bonds is 2. The van der Waals surface area contributed by atoms with Crippen LogP contribution in [0.5, 0.6) is 5.75 Å². The largest absolute Gasteiger partial charge is 0.489 e. The van der Waals surface area contributed by atoms with Gasteiger partial charge in [-0.15, -0.1) is 0 Å². The SMILES string of the molecule is CC(C)(C)OC(=O)N1CCC(Oc2cncc(C(F)(F)F)c2)CC1. The summed E-state index contributed by atoms with van der Waals surface area (Å²) in [6.45, 7) is 6.25. The van der Waals surface area contributed by atoms with Gasteiger partial charge in [0.05, 0.1) is 11.8 Å². The quantitative estimate of drug-likeness (QED) is 0.815. The zero-order valence-corrected chi connectivity index (χ0v) is 13.9. The molecule has 1 aromatic rings. The number of carbonyl (C=O) groups is 1. The molecular weight excluding hydrogens is 325 g/mol. The molecule has 1 aliphatic rings. The molecule has 0 bridgehead atoms. The first-order valence-corrected chi connectivity index (χ1v) is 7.71. The van der Waals surface area contributed by atoms with Crippen LogP contribution in [0.2, 0.25) is 0 Å². The first kappa shape index (κ1) is 18.4. The van der Waals surface area contributed by atoms with Crippen LogP contribution in [-0.4, -0.2) is 40.8 Å². The fraction of sp³-hybridized carbons (Fsp3) is 0.625. The zero-order valence-electron chi connectivity index (χ0n) is 13.9. The van der Waals surface area contributed by atoms with Crippen molar-refractivity contribution in [2.45, 2.75) is 51.5 Å². The maximum atomic E-state index is 12.7. The van der Waals surface area contributed by atoms with E-state index in [0.29, 0.717) is 25.9 Å². The van der Waals surface area contributed by atoms with Gasteiger partial charge in [0, 0.05) is 32.1 Å². The Labute approximate surface area is 138 Å². The van der Waals surface area contributed by atoms with E-state index in [-0.39, 0.29) is 17.9 Å². The normalized spacial score (nSPS) is 16.8. The molecule has 1 fully saturated rings. The second-order valence-electron chi connectivity index (χ2n) is 6.69. The summed E-state index contributed by atoms with van der Waals surface area (Å²) in [6.07, 6.45) is -2.03. The summed E-state index contributed by atoms with van der Waals surface area (Å²) < 4.78 is 48.9. The summed E-state index contributed by atoms with van der Waals surface area (Å²) in [5, 5.41) is 0. The van der Waals surface area contributed by atoms with Crippen LogP contribution >= 0.6 is 0 Å². The molecule has 1 aliphatic heterocycles. The molecule has 0 aromatic carbocycles. The Morgan fingerprint density at radius 1 is 1.21 bits per heavy atom. The molecule has 0 radical (unpaired) electrons. The van der Waals surface area contributed by atoms with Crippen LogP contribution in [-0.2, 0) is 10.9 Å². The Morgan fingerprint density at radius 2 is 1.83 bits per heavy atom. The number of carbonyl (C=O) groups excluding carboxylic acids is 1. The zero-order chi connectivity index (χ0) is 18.0. The standard InChI is InChI=1S/C16H21F3N2O3/c1-15(2,3)24-14(22)21-6-4-12(5-7-21)23-13-8-11(9-20-10-13)16(17,18)19/h8-10,12H,4-7H2,1-3H3. The van der Waals surface area contributed by atoms with Gasteiger partial charge < -0.3 is 14.4 Å². The molecule has 24 heavy (non-hydrogen) atoms. The molecule has 1 aromatic heterocycles. The summed E-state index contributed by atoms with van der Waals surface area (Å²) in [5.41, 5.74) is -1.40. The maximum absolute atomic E-state index is 12.7. The Balaban J connectivity index is 1.88. The van der Waals surface area contributed by atoms with Gasteiger partial charge in [-0.2, -0.15) is 13.2 Å². The molecule has 2 rings (SSSR count). The van der Waals surface area contributed by atoms with Crippen LogP contribution in [0.1, 0.15) is 39.2 Å². The molecule has 134 valence electrons. The van der Waals surface area contributed by atoms with Gasteiger partial charge >= 0.3 is 12.3 Å². The van der Waals surface area contributed by atoms with Gasteiger partial charge in [-0.25, -0.2) is 4.79 Å². The average molecular weight is 346 g/mol. The van der Waals surface area contributed by atoms with E-state index >= 15 is 0 Å². The fourth-order valence-corrected chi connectivity index (χ4v) is 2.31. The minimum atomic E-state index is -4.45. The van der Waals surface area contributed by atoms with Crippen molar-refractivity contribution in [1.82, 2.24) is 9.88 Å². The predicted molar refractivity (Wildman–Crippen MR) is 80.7 cm³/mol. The van der Waals surface area contributed by atoms with Gasteiger partial charge in [0.2, 0.25) is 0 Å². The molecule has 0 atom stereocenters. The van der Waals surface area contributed by atoms with E-state index in [9.17, 15) is 18.0 Å². The fourth-order valence-electron chi connectivity index (χ4n) is 2.31. The number of hydrogen-bond donors (Lipinski definition) is 0. The van der Waals surface area contributed by atoms with Gasteiger partial charge in [0.1, 0.15) is 17.5 Å². The van der Waals surface area contributed by atoms with Crippen LogP contribution in [0.25, 0.3) is 0 Å². The topological polar surface area (TPSA) is 51.7 Å². The van der Waals surface area contributed by atoms with Crippen molar-refractivity contribution in [2.24, 2.45) is 0 Å². The summed E-state index contributed by atoms with van der Waals surface area (Å²) in [5.74, 6) is 0.0838. The van der Waals surface area contributed by atoms with Crippen molar-refractivity contribution in [2.75, 3.05) is 13.1 Å². The van der Waals surface area contributed by atoms with Crippen molar-refractivity contribution in [3.8, 4) is 5.75 Å². The van der Waals surface area contributed by atoms with Gasteiger partial charge in [-0.3, -0.25) is 4.98 Å². The molecule has 5 nitrogen and oxygen atoms in total. The predicted octanol–water partition coefficient (Wildman–Crippen LogP) is 3.88. The molecule has 0 spiro atoms. The lowest BCUT2D eigenvalue weighted by Gasteiger charge is -2.33. The molecular formula is C16H21F3N2O3. The van der Waals surface area contributed by atoms with E-state index in [2.05, 4.69) is 4.98 Å². The lowest BCUT2D eigenvalue weighted by molar-refractivity contribution is -0.138. The maximum Gasteiger partial charge on any atom is 0.418 e. The van der Waals surface area contributed by atoms with Crippen LogP contribution in [0.3, 0.4) is 0 Å². The second-order valence-corrected chi connectivity index (χ2v) is 6.69. The van der Waals surface area contributed by atoms with Gasteiger partial charge in [0.15, 0.2) is 0 Å². The Morgan fingerprint density at radius 3 is 2.38 bits per heavy atom. The van der Waals surface area contributed by atoms with Crippen LogP contribution in [0.4, 0.5) is 18.0 Å². The number of amides is 1. The first-order chi connectivity index (χ1) is 11.0. The summed E-state index contributed by atoms with van der Waals surface area (Å²) in [4.78, 5) is 17.1. The molecule has 1 saturated heterocycles. The number of hydrogen-bond acceptors (Lipinski definition) is 4. The molecule has 8 heteroatoms. The van der Waals surface area contributed by atoms with E-state index in [1.807, 2.05) is 0 Å². The van der Waals surface area contributed by atoms with E-state index in [1.165, 1.54) is 6.20 Å². The van der Waals surface area contributed by atoms with Crippen LogP contribution < -0.4 is 4.74 Å². The van der Waals surface area contributed by atoms with E-state index in [4.69, 9.17) is 9.47 Å². The summed E-state index contributed by atoms with van der Waals surface area (Å²) >= 11 is 0. The monoisotopic (exact) mass is 346 g/mol. The third-order valence-corrected chi connectivity index (χ3v) is 3.44. The van der Waals surface area contributed by atoms with Crippen LogP contribution in [0, 0.1) is 0 Å². The second kappa shape index (κ2) is 6.86. The number of alkyl halides is 3. The number of piperidine rings is 1. The highest BCUT2D eigenvalue weighted by molar-refractivity contribution is 5.68. The van der Waals surface area contributed by atoms with Gasteiger partial charge in [0.25, 0.3) is 0 Å². The lowest BCUT2D eigenvalue weighted by atomic mass is 10.1. The number of aromatic nitrogens is 1. The summed E-state index contributed by atoms with van der Waals surface area (Å²) in [7, 11) is 0. The number of likely N-dealkylation sites (tertiary alicyclic amines) is 1. The minimum absolute atomic E-state index is 0.0838. The third kappa shape index (κ3) is 5.28. The minimum Gasteiger partial charge on any atom is -0.489 e. The highest BCUT2D eigenvalue weighted by Crippen LogP contribution is 2.31. The number of pyridine rings is 1. The smallest absolute Gasteiger partial charge is 0.418 e. The van der Waals surface area contributed by atoms with E-state index in [0.717, 1.165) is 12.3 Å². The average Bonchev–Trinajstić information content (AvgIpc) is 2.45. The van der Waals surface area contributed by atoms with Crippen molar-refractivity contribution < 1.29 is 27.4 Å². The Hall–Kier alpha value is -1.99. The van der Waals surface area contributed by atoms with Crippen molar-refractivity contribution in [1.29, 1.82) is 0 Å². The first-order valence-electron chi connectivity index (χ1n) is 7.71. The highest BCUT2D eigenvalue weighted by Gasteiger charge is 2.32. The third-order valence-electron chi connectivity index (χ3n) is 3.44. The Bertz CT molecular complexity index is 577. The van der Waals surface area contributed by atoms with Crippen molar-refractivity contribution >= 4 is 6.09 Å². The molecule has 0 saturated carbocycles. The van der Waals surface area contributed by atoms with E-state index < -0.39 is 17.3 Å². The van der Waals surface area contributed by atoms with Crippen molar-refractivity contribution in [3.05, 3.63) is 24.0 Å². The van der Waals surface area contributed by atoms with E-state index in [1.54, 1.807) is 25.7 Å². The number of halogens is 3.